The predicted molar refractivity (Wildman–Crippen MR) is 98.8 cm³/mol. The minimum absolute atomic E-state index is 0.124. The average molecular weight is 356 g/mol. The zero-order valence-electron chi connectivity index (χ0n) is 15.1. The molecule has 3 rings (SSSR count). The number of carbonyl (C=O) groups is 1. The van der Waals surface area contributed by atoms with Gasteiger partial charge < -0.3 is 19.7 Å². The molecule has 1 aliphatic rings. The molecule has 0 aliphatic carbocycles. The first-order chi connectivity index (χ1) is 12.7. The smallest absolute Gasteiger partial charge is 0.255 e. The fraction of sp³-hybridized carbons (Fsp3) is 0.421. The molecule has 1 N–H and O–H groups in total. The molecule has 0 bridgehead atoms. The molecule has 7 nitrogen and oxygen atoms in total. The van der Waals surface area contributed by atoms with Gasteiger partial charge in [0.05, 0.1) is 26.0 Å². The Kier molecular flexibility index (Phi) is 5.88. The van der Waals surface area contributed by atoms with Crippen LogP contribution in [-0.4, -0.2) is 49.7 Å². The van der Waals surface area contributed by atoms with Crippen LogP contribution in [0.5, 0.6) is 11.5 Å². The van der Waals surface area contributed by atoms with E-state index in [9.17, 15) is 4.79 Å². The maximum Gasteiger partial charge on any atom is 0.255 e. The van der Waals surface area contributed by atoms with E-state index >= 15 is 0 Å². The number of hydrogen-bond donors (Lipinski definition) is 1. The van der Waals surface area contributed by atoms with E-state index in [0.29, 0.717) is 29.5 Å². The van der Waals surface area contributed by atoms with Crippen molar-refractivity contribution in [1.82, 2.24) is 15.3 Å². The van der Waals surface area contributed by atoms with Crippen LogP contribution < -0.4 is 19.7 Å². The summed E-state index contributed by atoms with van der Waals surface area (Å²) >= 11 is 0. The van der Waals surface area contributed by atoms with E-state index in [4.69, 9.17) is 9.47 Å². The second-order valence-electron chi connectivity index (χ2n) is 6.27. The third-order valence-corrected chi connectivity index (χ3v) is 4.69. The van der Waals surface area contributed by atoms with Crippen LogP contribution in [0.15, 0.2) is 36.8 Å². The van der Waals surface area contributed by atoms with Crippen molar-refractivity contribution in [3.8, 4) is 11.5 Å². The Balaban J connectivity index is 1.51. The summed E-state index contributed by atoms with van der Waals surface area (Å²) in [5.74, 6) is 2.42. The maximum atomic E-state index is 12.5. The van der Waals surface area contributed by atoms with Gasteiger partial charge in [0.25, 0.3) is 5.91 Å². The molecule has 0 radical (unpaired) electrons. The second-order valence-corrected chi connectivity index (χ2v) is 6.27. The fourth-order valence-electron chi connectivity index (χ4n) is 3.14. The van der Waals surface area contributed by atoms with Crippen molar-refractivity contribution in [2.24, 2.45) is 5.92 Å². The van der Waals surface area contributed by atoms with Crippen molar-refractivity contribution in [2.75, 3.05) is 38.8 Å². The van der Waals surface area contributed by atoms with Gasteiger partial charge in [-0.15, -0.1) is 0 Å². The van der Waals surface area contributed by atoms with Gasteiger partial charge in [0, 0.05) is 38.1 Å². The predicted octanol–water partition coefficient (Wildman–Crippen LogP) is 2.14. The number of carbonyl (C=O) groups excluding carboxylic acids is 1. The Labute approximate surface area is 153 Å². The van der Waals surface area contributed by atoms with Gasteiger partial charge in [-0.3, -0.25) is 9.78 Å². The first-order valence-electron chi connectivity index (χ1n) is 8.72. The van der Waals surface area contributed by atoms with E-state index in [1.54, 1.807) is 51.0 Å². The summed E-state index contributed by atoms with van der Waals surface area (Å²) < 4.78 is 10.5. The molecule has 26 heavy (non-hydrogen) atoms. The number of ether oxygens (including phenoxy) is 2. The summed E-state index contributed by atoms with van der Waals surface area (Å²) in [6, 6.07) is 5.20. The minimum atomic E-state index is -0.124. The molecule has 1 saturated heterocycles. The SMILES string of the molecule is COc1ccc(C(=O)NCC2CCN(c3cnccn3)CC2)c(OC)c1. The Morgan fingerprint density at radius 3 is 2.69 bits per heavy atom. The van der Waals surface area contributed by atoms with Crippen LogP contribution in [0.3, 0.4) is 0 Å². The fourth-order valence-corrected chi connectivity index (χ4v) is 3.14. The third-order valence-electron chi connectivity index (χ3n) is 4.69. The van der Waals surface area contributed by atoms with Crippen molar-refractivity contribution in [3.63, 3.8) is 0 Å². The molecule has 0 atom stereocenters. The summed E-state index contributed by atoms with van der Waals surface area (Å²) in [7, 11) is 3.13. The molecule has 0 unspecified atom stereocenters. The minimum Gasteiger partial charge on any atom is -0.497 e. The van der Waals surface area contributed by atoms with Crippen LogP contribution in [0.1, 0.15) is 23.2 Å². The second kappa shape index (κ2) is 8.51. The van der Waals surface area contributed by atoms with Crippen molar-refractivity contribution < 1.29 is 14.3 Å². The van der Waals surface area contributed by atoms with Crippen LogP contribution in [0.25, 0.3) is 0 Å². The van der Waals surface area contributed by atoms with Crippen LogP contribution in [0, 0.1) is 5.92 Å². The number of piperidine rings is 1. The molecule has 1 fully saturated rings. The van der Waals surface area contributed by atoms with Gasteiger partial charge in [-0.25, -0.2) is 4.98 Å². The highest BCUT2D eigenvalue weighted by molar-refractivity contribution is 5.97. The highest BCUT2D eigenvalue weighted by Gasteiger charge is 2.21. The highest BCUT2D eigenvalue weighted by atomic mass is 16.5. The summed E-state index contributed by atoms with van der Waals surface area (Å²) in [4.78, 5) is 23.2. The quantitative estimate of drug-likeness (QED) is 0.855. The normalized spacial score (nSPS) is 14.8. The number of hydrogen-bond acceptors (Lipinski definition) is 6. The summed E-state index contributed by atoms with van der Waals surface area (Å²) in [5.41, 5.74) is 0.519. The van der Waals surface area contributed by atoms with Crippen molar-refractivity contribution in [3.05, 3.63) is 42.4 Å². The zero-order valence-corrected chi connectivity index (χ0v) is 15.1. The standard InChI is InChI=1S/C19H24N4O3/c1-25-15-3-4-16(17(11-15)26-2)19(24)22-12-14-5-9-23(10-6-14)18-13-20-7-8-21-18/h3-4,7-8,11,13-14H,5-6,9-10,12H2,1-2H3,(H,22,24). The monoisotopic (exact) mass is 356 g/mol. The lowest BCUT2D eigenvalue weighted by atomic mass is 9.96. The number of aromatic nitrogens is 2. The Hall–Kier alpha value is -2.83. The summed E-state index contributed by atoms with van der Waals surface area (Å²) in [6.45, 7) is 2.50. The lowest BCUT2D eigenvalue weighted by Gasteiger charge is -2.32. The Morgan fingerprint density at radius 2 is 2.04 bits per heavy atom. The molecular weight excluding hydrogens is 332 g/mol. The molecule has 1 aliphatic heterocycles. The van der Waals surface area contributed by atoms with E-state index in [2.05, 4.69) is 20.2 Å². The molecule has 138 valence electrons. The Bertz CT molecular complexity index is 731. The van der Waals surface area contributed by atoms with E-state index in [1.165, 1.54) is 0 Å². The highest BCUT2D eigenvalue weighted by Crippen LogP contribution is 2.25. The zero-order chi connectivity index (χ0) is 18.4. The molecule has 0 saturated carbocycles. The lowest BCUT2D eigenvalue weighted by molar-refractivity contribution is 0.0942. The van der Waals surface area contributed by atoms with Crippen molar-refractivity contribution in [1.29, 1.82) is 0 Å². The van der Waals surface area contributed by atoms with Crippen molar-refractivity contribution in [2.45, 2.75) is 12.8 Å². The molecule has 2 heterocycles. The van der Waals surface area contributed by atoms with E-state index < -0.39 is 0 Å². The number of benzene rings is 1. The van der Waals surface area contributed by atoms with E-state index in [-0.39, 0.29) is 5.91 Å². The van der Waals surface area contributed by atoms with Gasteiger partial charge in [-0.05, 0) is 30.9 Å². The van der Waals surface area contributed by atoms with Crippen LogP contribution in [-0.2, 0) is 0 Å². The first-order valence-corrected chi connectivity index (χ1v) is 8.72. The number of nitrogens with zero attached hydrogens (tertiary/aromatic N) is 3. The number of anilines is 1. The van der Waals surface area contributed by atoms with Crippen LogP contribution >= 0.6 is 0 Å². The van der Waals surface area contributed by atoms with Gasteiger partial charge >= 0.3 is 0 Å². The first kappa shape index (κ1) is 18.0. The average Bonchev–Trinajstić information content (AvgIpc) is 2.72. The molecule has 2 aromatic rings. The molecular formula is C19H24N4O3. The van der Waals surface area contributed by atoms with E-state index in [1.807, 2.05) is 0 Å². The van der Waals surface area contributed by atoms with Gasteiger partial charge in [0.15, 0.2) is 0 Å². The molecule has 0 spiro atoms. The largest absolute Gasteiger partial charge is 0.497 e. The van der Waals surface area contributed by atoms with E-state index in [0.717, 1.165) is 31.7 Å². The van der Waals surface area contributed by atoms with Crippen LogP contribution in [0.2, 0.25) is 0 Å². The van der Waals surface area contributed by atoms with Gasteiger partial charge in [-0.2, -0.15) is 0 Å². The van der Waals surface area contributed by atoms with Crippen molar-refractivity contribution >= 4 is 11.7 Å². The summed E-state index contributed by atoms with van der Waals surface area (Å²) in [5, 5.41) is 3.03. The molecule has 1 amide bonds. The number of methoxy groups -OCH3 is 2. The third kappa shape index (κ3) is 4.22. The maximum absolute atomic E-state index is 12.5. The lowest BCUT2D eigenvalue weighted by Crippen LogP contribution is -2.39. The Morgan fingerprint density at radius 1 is 1.23 bits per heavy atom. The number of amides is 1. The number of rotatable bonds is 6. The number of nitrogens with one attached hydrogen (secondary N) is 1. The van der Waals surface area contributed by atoms with Gasteiger partial charge in [0.1, 0.15) is 17.3 Å². The topological polar surface area (TPSA) is 76.6 Å². The molecule has 1 aromatic carbocycles. The van der Waals surface area contributed by atoms with Crippen LogP contribution in [0.4, 0.5) is 5.82 Å². The van der Waals surface area contributed by atoms with Gasteiger partial charge in [0.2, 0.25) is 0 Å². The molecule has 1 aromatic heterocycles. The molecule has 7 heteroatoms. The van der Waals surface area contributed by atoms with Gasteiger partial charge in [-0.1, -0.05) is 0 Å². The summed E-state index contributed by atoms with van der Waals surface area (Å²) in [6.07, 6.45) is 7.20.